The van der Waals surface area contributed by atoms with Crippen LogP contribution in [0, 0.1) is 0 Å². The highest BCUT2D eigenvalue weighted by atomic mass is 32.2. The number of hydrogen-bond donors (Lipinski definition) is 1. The van der Waals surface area contributed by atoms with Crippen molar-refractivity contribution in [2.24, 2.45) is 0 Å². The molecule has 0 aromatic heterocycles. The van der Waals surface area contributed by atoms with Gasteiger partial charge in [0.1, 0.15) is 6.54 Å². The van der Waals surface area contributed by atoms with Crippen LogP contribution in [0.15, 0.2) is 0 Å². The maximum Gasteiger partial charge on any atom is 0.321 e. The highest BCUT2D eigenvalue weighted by Gasteiger charge is 2.21. The van der Waals surface area contributed by atoms with Gasteiger partial charge in [-0.3, -0.25) is 4.79 Å². The molecule has 1 N–H and O–H groups in total. The van der Waals surface area contributed by atoms with Gasteiger partial charge in [-0.1, -0.05) is 13.8 Å². The fourth-order valence-electron chi connectivity index (χ4n) is 0.849. The third-order valence-electron chi connectivity index (χ3n) is 1.55. The Balaban J connectivity index is 4.48. The van der Waals surface area contributed by atoms with E-state index in [4.69, 9.17) is 0 Å². The highest BCUT2D eigenvalue weighted by molar-refractivity contribution is 7.87. The number of nitrogens with zero attached hydrogens (tertiary/aromatic N) is 1. The monoisotopic (exact) mass is 224 g/mol. The van der Waals surface area contributed by atoms with Gasteiger partial charge in [-0.25, -0.2) is 4.72 Å². The van der Waals surface area contributed by atoms with Gasteiger partial charge in [-0.05, 0) is 0 Å². The first-order valence-corrected chi connectivity index (χ1v) is 5.73. The molecule has 7 heteroatoms. The molecule has 6 nitrogen and oxygen atoms in total. The molecule has 0 atom stereocenters. The summed E-state index contributed by atoms with van der Waals surface area (Å²) >= 11 is 0. The van der Waals surface area contributed by atoms with E-state index < -0.39 is 16.2 Å². The second-order valence-electron chi connectivity index (χ2n) is 2.51. The number of nitrogens with one attached hydrogen (secondary N) is 1. The van der Waals surface area contributed by atoms with Gasteiger partial charge in [0, 0.05) is 13.1 Å². The minimum atomic E-state index is -3.55. The van der Waals surface area contributed by atoms with Crippen molar-refractivity contribution < 1.29 is 17.9 Å². The highest BCUT2D eigenvalue weighted by Crippen LogP contribution is 1.97. The Kier molecular flexibility index (Phi) is 5.66. The summed E-state index contributed by atoms with van der Waals surface area (Å²) in [5.74, 6) is -0.576. The van der Waals surface area contributed by atoms with Gasteiger partial charge in [0.05, 0.1) is 7.11 Å². The summed E-state index contributed by atoms with van der Waals surface area (Å²) in [7, 11) is -2.33. The van der Waals surface area contributed by atoms with Gasteiger partial charge in [-0.2, -0.15) is 12.7 Å². The number of methoxy groups -OCH3 is 1. The predicted molar refractivity (Wildman–Crippen MR) is 51.9 cm³/mol. The summed E-state index contributed by atoms with van der Waals surface area (Å²) in [6, 6.07) is 0. The van der Waals surface area contributed by atoms with Crippen LogP contribution in [0.1, 0.15) is 13.8 Å². The van der Waals surface area contributed by atoms with Crippen molar-refractivity contribution in [3.05, 3.63) is 0 Å². The second kappa shape index (κ2) is 5.94. The predicted octanol–water partition coefficient (Wildman–Crippen LogP) is -0.664. The van der Waals surface area contributed by atoms with E-state index >= 15 is 0 Å². The van der Waals surface area contributed by atoms with Crippen LogP contribution >= 0.6 is 0 Å². The first-order chi connectivity index (χ1) is 6.47. The van der Waals surface area contributed by atoms with Crippen LogP contribution in [-0.2, 0) is 19.7 Å². The zero-order valence-electron chi connectivity index (χ0n) is 8.61. The van der Waals surface area contributed by atoms with Gasteiger partial charge in [0.15, 0.2) is 0 Å². The standard InChI is InChI=1S/C7H16N2O4S/c1-4-8-14(11,12)9(5-2)6-7(10)13-3/h8H,4-6H2,1-3H3. The van der Waals surface area contributed by atoms with Gasteiger partial charge in [0.2, 0.25) is 0 Å². The number of esters is 1. The number of ether oxygens (including phenoxy) is 1. The number of carbonyl (C=O) groups is 1. The lowest BCUT2D eigenvalue weighted by Crippen LogP contribution is -2.43. The number of carbonyl (C=O) groups excluding carboxylic acids is 1. The van der Waals surface area contributed by atoms with E-state index in [0.29, 0.717) is 6.54 Å². The molecule has 0 aliphatic carbocycles. The van der Waals surface area contributed by atoms with Gasteiger partial charge in [-0.15, -0.1) is 0 Å². The molecule has 0 aliphatic heterocycles. The summed E-state index contributed by atoms with van der Waals surface area (Å²) in [4.78, 5) is 10.9. The van der Waals surface area contributed by atoms with Crippen LogP contribution in [0.3, 0.4) is 0 Å². The molecular formula is C7H16N2O4S. The van der Waals surface area contributed by atoms with Crippen molar-refractivity contribution in [3.63, 3.8) is 0 Å². The number of hydrogen-bond acceptors (Lipinski definition) is 4. The number of likely N-dealkylation sites (N-methyl/N-ethyl adjacent to an activating group) is 1. The summed E-state index contributed by atoms with van der Waals surface area (Å²) in [5, 5.41) is 0. The second-order valence-corrected chi connectivity index (χ2v) is 4.26. The quantitative estimate of drug-likeness (QED) is 0.607. The molecule has 14 heavy (non-hydrogen) atoms. The lowest BCUT2D eigenvalue weighted by atomic mass is 10.6. The van der Waals surface area contributed by atoms with Gasteiger partial charge >= 0.3 is 5.97 Å². The fraction of sp³-hybridized carbons (Fsp3) is 0.857. The van der Waals surface area contributed by atoms with E-state index in [-0.39, 0.29) is 13.1 Å². The Morgan fingerprint density at radius 1 is 1.43 bits per heavy atom. The van der Waals surface area contributed by atoms with Crippen molar-refractivity contribution in [1.82, 2.24) is 9.03 Å². The average Bonchev–Trinajstić information content (AvgIpc) is 2.13. The molecule has 84 valence electrons. The van der Waals surface area contributed by atoms with Crippen LogP contribution in [0.25, 0.3) is 0 Å². The maximum atomic E-state index is 11.4. The van der Waals surface area contributed by atoms with Crippen LogP contribution in [-0.4, -0.2) is 45.4 Å². The van der Waals surface area contributed by atoms with Crippen LogP contribution in [0.2, 0.25) is 0 Å². The zero-order chi connectivity index (χ0) is 11.2. The molecule has 0 aromatic rings. The maximum absolute atomic E-state index is 11.4. The molecule has 0 aromatic carbocycles. The average molecular weight is 224 g/mol. The third kappa shape index (κ3) is 4.03. The summed E-state index contributed by atoms with van der Waals surface area (Å²) < 4.78 is 30.5. The normalized spacial score (nSPS) is 11.7. The Morgan fingerprint density at radius 2 is 2.00 bits per heavy atom. The topological polar surface area (TPSA) is 75.7 Å². The molecule has 0 radical (unpaired) electrons. The van der Waals surface area contributed by atoms with Crippen LogP contribution in [0.4, 0.5) is 0 Å². The van der Waals surface area contributed by atoms with E-state index in [2.05, 4.69) is 9.46 Å². The van der Waals surface area contributed by atoms with Crippen LogP contribution in [0.5, 0.6) is 0 Å². The van der Waals surface area contributed by atoms with E-state index in [1.165, 1.54) is 7.11 Å². The van der Waals surface area contributed by atoms with E-state index in [9.17, 15) is 13.2 Å². The molecule has 0 heterocycles. The molecule has 0 rings (SSSR count). The molecular weight excluding hydrogens is 208 g/mol. The fourth-order valence-corrected chi connectivity index (χ4v) is 2.01. The molecule has 0 saturated heterocycles. The van der Waals surface area contributed by atoms with Gasteiger partial charge < -0.3 is 4.74 Å². The lowest BCUT2D eigenvalue weighted by molar-refractivity contribution is -0.140. The Morgan fingerprint density at radius 3 is 2.36 bits per heavy atom. The van der Waals surface area contributed by atoms with E-state index in [1.54, 1.807) is 13.8 Å². The molecule has 0 saturated carbocycles. The molecule has 0 fully saturated rings. The van der Waals surface area contributed by atoms with Crippen molar-refractivity contribution in [2.75, 3.05) is 26.7 Å². The summed E-state index contributed by atoms with van der Waals surface area (Å²) in [5.41, 5.74) is 0. The minimum absolute atomic E-state index is 0.227. The smallest absolute Gasteiger partial charge is 0.321 e. The van der Waals surface area contributed by atoms with E-state index in [1.807, 2.05) is 0 Å². The van der Waals surface area contributed by atoms with Crippen molar-refractivity contribution in [3.8, 4) is 0 Å². The molecule has 0 spiro atoms. The van der Waals surface area contributed by atoms with E-state index in [0.717, 1.165) is 4.31 Å². The molecule has 0 amide bonds. The SMILES string of the molecule is CCNS(=O)(=O)N(CC)CC(=O)OC. The lowest BCUT2D eigenvalue weighted by Gasteiger charge is -2.18. The first-order valence-electron chi connectivity index (χ1n) is 4.29. The molecule has 0 aliphatic rings. The first kappa shape index (κ1) is 13.3. The molecule has 0 bridgehead atoms. The summed E-state index contributed by atoms with van der Waals surface area (Å²) in [6.07, 6.45) is 0. The van der Waals surface area contributed by atoms with Crippen molar-refractivity contribution in [1.29, 1.82) is 0 Å². The minimum Gasteiger partial charge on any atom is -0.468 e. The Labute approximate surface area is 84.4 Å². The number of rotatable bonds is 6. The summed E-state index contributed by atoms with van der Waals surface area (Å²) in [6.45, 7) is 3.58. The zero-order valence-corrected chi connectivity index (χ0v) is 9.43. The largest absolute Gasteiger partial charge is 0.468 e. The van der Waals surface area contributed by atoms with Gasteiger partial charge in [0.25, 0.3) is 10.2 Å². The van der Waals surface area contributed by atoms with Crippen molar-refractivity contribution in [2.45, 2.75) is 13.8 Å². The third-order valence-corrected chi connectivity index (χ3v) is 3.27. The van der Waals surface area contributed by atoms with Crippen molar-refractivity contribution >= 4 is 16.2 Å². The Bertz CT molecular complexity index is 275. The Hall–Kier alpha value is -0.660. The molecule has 0 unspecified atom stereocenters. The van der Waals surface area contributed by atoms with Crippen LogP contribution < -0.4 is 4.72 Å².